The lowest BCUT2D eigenvalue weighted by Crippen LogP contribution is -2.65. The van der Waals surface area contributed by atoms with Gasteiger partial charge in [0.2, 0.25) is 5.78 Å². The summed E-state index contributed by atoms with van der Waals surface area (Å²) >= 11 is 0. The highest BCUT2D eigenvalue weighted by atomic mass is 16.6. The zero-order valence-electron chi connectivity index (χ0n) is 24.6. The number of rotatable bonds is 5. The standard InChI is InChI=1S/C29H38N4O8/c1-28(2,3)41-31-12-14-11-17(32(5)6)15-9-13-10-16-21(33(7)8)24(36)20(27(39)30-4)26(38)29(16,40)25(37)18(13)23(35)19(15)22(14)34/h11-13,16,21,34-35,38,40H,9-10H2,1-8H3,(H,30,39)/b31-12+. The fourth-order valence-corrected chi connectivity index (χ4v) is 6.16. The van der Waals surface area contributed by atoms with Gasteiger partial charge in [-0.25, -0.2) is 0 Å². The predicted molar refractivity (Wildman–Crippen MR) is 152 cm³/mol. The van der Waals surface area contributed by atoms with Crippen molar-refractivity contribution in [2.24, 2.45) is 17.0 Å². The number of likely N-dealkylation sites (N-methyl/N-ethyl adjacent to an activating group) is 2. The van der Waals surface area contributed by atoms with Gasteiger partial charge < -0.3 is 35.5 Å². The summed E-state index contributed by atoms with van der Waals surface area (Å²) in [6.07, 6.45) is 1.55. The van der Waals surface area contributed by atoms with Crippen LogP contribution in [-0.4, -0.2) is 101 Å². The number of hydrogen-bond acceptors (Lipinski definition) is 11. The van der Waals surface area contributed by atoms with Crippen LogP contribution in [0.2, 0.25) is 0 Å². The van der Waals surface area contributed by atoms with E-state index in [0.717, 1.165) is 0 Å². The Kier molecular flexibility index (Phi) is 7.47. The Morgan fingerprint density at radius 2 is 1.80 bits per heavy atom. The first-order valence-electron chi connectivity index (χ1n) is 13.3. The quantitative estimate of drug-likeness (QED) is 0.198. The number of aromatic hydroxyl groups is 1. The van der Waals surface area contributed by atoms with Crippen molar-refractivity contribution in [1.29, 1.82) is 0 Å². The van der Waals surface area contributed by atoms with Gasteiger partial charge in [0, 0.05) is 43.9 Å². The van der Waals surface area contributed by atoms with Gasteiger partial charge in [0.25, 0.3) is 5.91 Å². The molecule has 4 unspecified atom stereocenters. The van der Waals surface area contributed by atoms with E-state index < -0.39 is 63.6 Å². The minimum absolute atomic E-state index is 0.00102. The monoisotopic (exact) mass is 570 g/mol. The molecule has 0 bridgehead atoms. The average Bonchev–Trinajstić information content (AvgIpc) is 2.86. The molecule has 0 aliphatic heterocycles. The molecule has 0 spiro atoms. The Morgan fingerprint density at radius 1 is 1.17 bits per heavy atom. The molecule has 1 aromatic carbocycles. The highest BCUT2D eigenvalue weighted by Crippen LogP contribution is 2.54. The third-order valence-corrected chi connectivity index (χ3v) is 7.93. The van der Waals surface area contributed by atoms with Crippen LogP contribution in [0.1, 0.15) is 43.9 Å². The molecule has 12 heteroatoms. The number of ketones is 2. The molecule has 0 heterocycles. The average molecular weight is 571 g/mol. The first kappa shape index (κ1) is 30.1. The second kappa shape index (κ2) is 10.2. The third-order valence-electron chi connectivity index (χ3n) is 7.93. The molecule has 0 aromatic heterocycles. The Hall–Kier alpha value is -3.90. The molecule has 12 nitrogen and oxygen atoms in total. The lowest BCUT2D eigenvalue weighted by atomic mass is 9.57. The van der Waals surface area contributed by atoms with Crippen molar-refractivity contribution >= 4 is 35.1 Å². The summed E-state index contributed by atoms with van der Waals surface area (Å²) in [6, 6.07) is 0.597. The number of nitrogens with zero attached hydrogens (tertiary/aromatic N) is 3. The fraction of sp³-hybridized carbons (Fsp3) is 0.517. The number of carbonyl (C=O) groups is 3. The number of amides is 1. The molecule has 4 atom stereocenters. The molecular weight excluding hydrogens is 532 g/mol. The van der Waals surface area contributed by atoms with Crippen molar-refractivity contribution in [3.63, 3.8) is 0 Å². The minimum atomic E-state index is -2.65. The number of phenols is 1. The maximum Gasteiger partial charge on any atom is 0.258 e. The molecule has 222 valence electrons. The number of oxime groups is 1. The van der Waals surface area contributed by atoms with Gasteiger partial charge in [-0.3, -0.25) is 19.3 Å². The summed E-state index contributed by atoms with van der Waals surface area (Å²) in [5.41, 5.74) is -2.68. The number of benzene rings is 1. The van der Waals surface area contributed by atoms with Crippen LogP contribution >= 0.6 is 0 Å². The van der Waals surface area contributed by atoms with Gasteiger partial charge in [-0.2, -0.15) is 0 Å². The fourth-order valence-electron chi connectivity index (χ4n) is 6.16. The molecule has 5 N–H and O–H groups in total. The zero-order valence-corrected chi connectivity index (χ0v) is 24.6. The smallest absolute Gasteiger partial charge is 0.258 e. The van der Waals surface area contributed by atoms with Crippen LogP contribution in [0.4, 0.5) is 5.69 Å². The van der Waals surface area contributed by atoms with Crippen LogP contribution in [0.5, 0.6) is 5.75 Å². The van der Waals surface area contributed by atoms with E-state index in [2.05, 4.69) is 10.5 Å². The second-order valence-corrected chi connectivity index (χ2v) is 12.2. The van der Waals surface area contributed by atoms with Gasteiger partial charge in [-0.15, -0.1) is 0 Å². The summed E-state index contributed by atoms with van der Waals surface area (Å²) in [5.74, 6) is -6.36. The molecule has 1 fully saturated rings. The van der Waals surface area contributed by atoms with Crippen molar-refractivity contribution in [1.82, 2.24) is 10.2 Å². The van der Waals surface area contributed by atoms with Crippen LogP contribution in [0.3, 0.4) is 0 Å². The normalized spacial score (nSPS) is 26.2. The van der Waals surface area contributed by atoms with E-state index in [9.17, 15) is 34.8 Å². The Labute approximate surface area is 238 Å². The first-order valence-corrected chi connectivity index (χ1v) is 13.3. The van der Waals surface area contributed by atoms with Gasteiger partial charge in [0.1, 0.15) is 28.4 Å². The van der Waals surface area contributed by atoms with Crippen LogP contribution in [-0.2, 0) is 25.6 Å². The van der Waals surface area contributed by atoms with E-state index >= 15 is 0 Å². The van der Waals surface area contributed by atoms with Crippen LogP contribution < -0.4 is 10.2 Å². The summed E-state index contributed by atoms with van der Waals surface area (Å²) in [7, 11) is 8.03. The highest BCUT2D eigenvalue weighted by Gasteiger charge is 2.64. The Bertz CT molecular complexity index is 1420. The molecule has 1 aromatic rings. The second-order valence-electron chi connectivity index (χ2n) is 12.2. The van der Waals surface area contributed by atoms with Gasteiger partial charge in [0.15, 0.2) is 11.4 Å². The van der Waals surface area contributed by atoms with Crippen LogP contribution in [0.15, 0.2) is 28.1 Å². The molecule has 1 saturated carbocycles. The van der Waals surface area contributed by atoms with Gasteiger partial charge in [0.05, 0.1) is 17.8 Å². The van der Waals surface area contributed by atoms with Gasteiger partial charge in [-0.05, 0) is 65.3 Å². The Morgan fingerprint density at radius 3 is 2.34 bits per heavy atom. The molecule has 4 rings (SSSR count). The van der Waals surface area contributed by atoms with Crippen molar-refractivity contribution in [2.75, 3.05) is 40.1 Å². The van der Waals surface area contributed by atoms with E-state index in [-0.39, 0.29) is 35.3 Å². The van der Waals surface area contributed by atoms with E-state index in [4.69, 9.17) is 4.84 Å². The number of aliphatic hydroxyl groups is 3. The van der Waals surface area contributed by atoms with Gasteiger partial charge >= 0.3 is 0 Å². The molecule has 41 heavy (non-hydrogen) atoms. The predicted octanol–water partition coefficient (Wildman–Crippen LogP) is 1.44. The number of nitrogens with one attached hydrogen (secondary N) is 1. The summed E-state index contributed by atoms with van der Waals surface area (Å²) < 4.78 is 0. The minimum Gasteiger partial charge on any atom is -0.508 e. The number of carbonyl (C=O) groups excluding carboxylic acids is 3. The number of anilines is 1. The van der Waals surface area contributed by atoms with E-state index in [0.29, 0.717) is 11.3 Å². The number of hydrogen-bond donors (Lipinski definition) is 5. The summed E-state index contributed by atoms with van der Waals surface area (Å²) in [6.45, 7) is 5.43. The summed E-state index contributed by atoms with van der Waals surface area (Å²) in [5, 5.41) is 52.1. The van der Waals surface area contributed by atoms with E-state index in [1.54, 1.807) is 39.2 Å². The molecule has 0 saturated heterocycles. The van der Waals surface area contributed by atoms with Crippen molar-refractivity contribution in [3.05, 3.63) is 39.7 Å². The lowest BCUT2D eigenvalue weighted by Gasteiger charge is -2.50. The molecule has 3 aliphatic carbocycles. The maximum absolute atomic E-state index is 14.1. The zero-order chi connectivity index (χ0) is 30.8. The molecular formula is C29H38N4O8. The number of fused-ring (bicyclic) bond motifs is 3. The maximum atomic E-state index is 14.1. The number of aliphatic hydroxyl groups excluding tert-OH is 2. The van der Waals surface area contributed by atoms with Crippen LogP contribution in [0.25, 0.3) is 5.76 Å². The largest absolute Gasteiger partial charge is 0.508 e. The van der Waals surface area contributed by atoms with Gasteiger partial charge in [-0.1, -0.05) is 5.16 Å². The Balaban J connectivity index is 1.96. The molecule has 1 amide bonds. The topological polar surface area (TPSA) is 172 Å². The molecule has 0 radical (unpaired) electrons. The number of Topliss-reactive ketones (excluding diaryl/α,β-unsaturated/α-hetero) is 2. The highest BCUT2D eigenvalue weighted by molar-refractivity contribution is 6.25. The SMILES string of the molecule is CNC(=O)C1=C(O)C2(O)C(=O)C3=C(O)c4c(O)c(/C=N/OC(C)(C)C)cc(N(C)C)c4CC3CC2C(N(C)C)C1=O. The van der Waals surface area contributed by atoms with E-state index in [1.165, 1.54) is 18.2 Å². The van der Waals surface area contributed by atoms with Crippen molar-refractivity contribution in [3.8, 4) is 5.75 Å². The van der Waals surface area contributed by atoms with Crippen molar-refractivity contribution in [2.45, 2.75) is 50.9 Å². The molecule has 3 aliphatic rings. The summed E-state index contributed by atoms with van der Waals surface area (Å²) in [4.78, 5) is 48.9. The van der Waals surface area contributed by atoms with Crippen molar-refractivity contribution < 1.29 is 39.6 Å². The lowest BCUT2D eigenvalue weighted by molar-refractivity contribution is -0.153. The van der Waals surface area contributed by atoms with Crippen LogP contribution in [0, 0.1) is 11.8 Å². The van der Waals surface area contributed by atoms with E-state index in [1.807, 2.05) is 20.8 Å². The third kappa shape index (κ3) is 4.64. The first-order chi connectivity index (χ1) is 19.0. The number of phenolic OH excluding ortho intramolecular Hbond substituents is 1.